The molecular weight excluding hydrogens is 168 g/mol. The Morgan fingerprint density at radius 1 is 1.15 bits per heavy atom. The maximum absolute atomic E-state index is 9.60. The van der Waals surface area contributed by atoms with Gasteiger partial charge in [0.15, 0.2) is 0 Å². The summed E-state index contributed by atoms with van der Waals surface area (Å²) < 4.78 is 0. The molecule has 5 N–H and O–H groups in total. The minimum atomic E-state index is -0.711. The zero-order chi connectivity index (χ0) is 10.5. The molecule has 4 heteroatoms. The van der Waals surface area contributed by atoms with E-state index in [1.165, 1.54) is 6.42 Å². The molecule has 80 valence electrons. The smallest absolute Gasteiger partial charge is 0.303 e. The fourth-order valence-electron chi connectivity index (χ4n) is 0.679. The molecule has 0 heterocycles. The number of hydrogen-bond acceptors (Lipinski definition) is 3. The molecule has 0 saturated carbocycles. The fourth-order valence-corrected chi connectivity index (χ4v) is 0.679. The lowest BCUT2D eigenvalue weighted by molar-refractivity contribution is -0.137. The number of carboxylic acids is 1. The zero-order valence-electron chi connectivity index (χ0n) is 8.46. The first-order valence-electron chi connectivity index (χ1n) is 4.80. The lowest BCUT2D eigenvalue weighted by Gasteiger charge is -1.91. The van der Waals surface area contributed by atoms with Gasteiger partial charge in [-0.1, -0.05) is 13.3 Å². The van der Waals surface area contributed by atoms with Crippen molar-refractivity contribution in [2.75, 3.05) is 13.1 Å². The predicted molar refractivity (Wildman–Crippen MR) is 54.5 cm³/mol. The van der Waals surface area contributed by atoms with E-state index in [1.54, 1.807) is 0 Å². The lowest BCUT2D eigenvalue weighted by atomic mass is 10.2. The van der Waals surface area contributed by atoms with Crippen molar-refractivity contribution in [2.45, 2.75) is 39.0 Å². The van der Waals surface area contributed by atoms with Crippen molar-refractivity contribution in [2.24, 2.45) is 11.5 Å². The molecular formula is C9H22N2O2. The second-order valence-electron chi connectivity index (χ2n) is 2.78. The Labute approximate surface area is 80.3 Å². The average Bonchev–Trinajstić information content (AvgIpc) is 2.06. The minimum absolute atomic E-state index is 0.292. The Balaban J connectivity index is 0. The van der Waals surface area contributed by atoms with Gasteiger partial charge in [-0.2, -0.15) is 0 Å². The van der Waals surface area contributed by atoms with Crippen LogP contribution in [0.4, 0.5) is 0 Å². The third-order valence-corrected chi connectivity index (χ3v) is 1.37. The molecule has 0 rings (SSSR count). The molecule has 0 fully saturated rings. The van der Waals surface area contributed by atoms with E-state index in [0.29, 0.717) is 6.42 Å². The third-order valence-electron chi connectivity index (χ3n) is 1.37. The van der Waals surface area contributed by atoms with Crippen molar-refractivity contribution in [1.29, 1.82) is 0 Å². The number of carboxylic acid groups (broad SMARTS) is 1. The van der Waals surface area contributed by atoms with Crippen molar-refractivity contribution in [3.8, 4) is 0 Å². The number of carbonyl (C=O) groups is 1. The van der Waals surface area contributed by atoms with Gasteiger partial charge in [-0.15, -0.1) is 0 Å². The van der Waals surface area contributed by atoms with Crippen molar-refractivity contribution < 1.29 is 9.90 Å². The van der Waals surface area contributed by atoms with Gasteiger partial charge in [-0.05, 0) is 32.4 Å². The first-order chi connectivity index (χ1) is 6.18. The van der Waals surface area contributed by atoms with E-state index in [4.69, 9.17) is 16.6 Å². The molecule has 0 amide bonds. The number of hydrogen-bond donors (Lipinski definition) is 3. The molecule has 0 saturated heterocycles. The first-order valence-corrected chi connectivity index (χ1v) is 4.80. The van der Waals surface area contributed by atoms with Gasteiger partial charge >= 0.3 is 5.97 Å². The van der Waals surface area contributed by atoms with Crippen molar-refractivity contribution in [3.05, 3.63) is 0 Å². The Hall–Kier alpha value is -0.610. The Kier molecular flexibility index (Phi) is 16.0. The summed E-state index contributed by atoms with van der Waals surface area (Å²) in [4.78, 5) is 9.60. The summed E-state index contributed by atoms with van der Waals surface area (Å²) in [5.41, 5.74) is 10.5. The Bertz CT molecular complexity index is 104. The zero-order valence-corrected chi connectivity index (χ0v) is 8.46. The lowest BCUT2D eigenvalue weighted by Crippen LogP contribution is -2.02. The monoisotopic (exact) mass is 190 g/mol. The van der Waals surface area contributed by atoms with Crippen molar-refractivity contribution >= 4 is 5.97 Å². The van der Waals surface area contributed by atoms with Gasteiger partial charge in [-0.25, -0.2) is 0 Å². The van der Waals surface area contributed by atoms with Gasteiger partial charge < -0.3 is 16.6 Å². The SMILES string of the molecule is CCCC(=O)O.NCCCCCN. The highest BCUT2D eigenvalue weighted by molar-refractivity contribution is 5.66. The average molecular weight is 190 g/mol. The van der Waals surface area contributed by atoms with Crippen LogP contribution in [0.25, 0.3) is 0 Å². The van der Waals surface area contributed by atoms with Crippen molar-refractivity contribution in [1.82, 2.24) is 0 Å². The third kappa shape index (κ3) is 24.6. The second-order valence-corrected chi connectivity index (χ2v) is 2.78. The molecule has 0 atom stereocenters. The molecule has 0 aliphatic carbocycles. The molecule has 0 unspecified atom stereocenters. The number of unbranched alkanes of at least 4 members (excludes halogenated alkanes) is 2. The predicted octanol–water partition coefficient (Wildman–Crippen LogP) is 0.945. The maximum Gasteiger partial charge on any atom is 0.303 e. The topological polar surface area (TPSA) is 89.3 Å². The van der Waals surface area contributed by atoms with Crippen LogP contribution < -0.4 is 11.5 Å². The molecule has 0 spiro atoms. The summed E-state index contributed by atoms with van der Waals surface area (Å²) in [6, 6.07) is 0. The van der Waals surface area contributed by atoms with Crippen LogP contribution >= 0.6 is 0 Å². The largest absolute Gasteiger partial charge is 0.481 e. The highest BCUT2D eigenvalue weighted by Crippen LogP contribution is 1.88. The van der Waals surface area contributed by atoms with E-state index in [2.05, 4.69) is 0 Å². The number of nitrogens with two attached hydrogens (primary N) is 2. The summed E-state index contributed by atoms with van der Waals surface area (Å²) in [6.07, 6.45) is 4.46. The van der Waals surface area contributed by atoms with Crippen molar-refractivity contribution in [3.63, 3.8) is 0 Å². The fraction of sp³-hybridized carbons (Fsp3) is 0.889. The van der Waals surface area contributed by atoms with E-state index in [-0.39, 0.29) is 0 Å². The van der Waals surface area contributed by atoms with Gasteiger partial charge in [0.05, 0.1) is 0 Å². The maximum atomic E-state index is 9.60. The summed E-state index contributed by atoms with van der Waals surface area (Å²) in [6.45, 7) is 3.45. The molecule has 0 bridgehead atoms. The van der Waals surface area contributed by atoms with Crippen LogP contribution in [0.5, 0.6) is 0 Å². The van der Waals surface area contributed by atoms with Crippen LogP contribution in [0.3, 0.4) is 0 Å². The van der Waals surface area contributed by atoms with E-state index in [9.17, 15) is 4.79 Å². The standard InChI is InChI=1S/C5H14N2.C4H8O2/c6-4-2-1-3-5-7;1-2-3-4(5)6/h1-7H2;2-3H2,1H3,(H,5,6). The molecule has 0 radical (unpaired) electrons. The molecule has 13 heavy (non-hydrogen) atoms. The minimum Gasteiger partial charge on any atom is -0.481 e. The van der Waals surface area contributed by atoms with Crippen LogP contribution in [0.15, 0.2) is 0 Å². The van der Waals surface area contributed by atoms with E-state index >= 15 is 0 Å². The summed E-state index contributed by atoms with van der Waals surface area (Å²) >= 11 is 0. The van der Waals surface area contributed by atoms with Gasteiger partial charge in [0, 0.05) is 6.42 Å². The molecule has 4 nitrogen and oxygen atoms in total. The van der Waals surface area contributed by atoms with Crippen LogP contribution in [-0.2, 0) is 4.79 Å². The normalized spacial score (nSPS) is 8.85. The van der Waals surface area contributed by atoms with Gasteiger partial charge in [0.25, 0.3) is 0 Å². The van der Waals surface area contributed by atoms with Gasteiger partial charge in [0.1, 0.15) is 0 Å². The summed E-state index contributed by atoms with van der Waals surface area (Å²) in [5, 5.41) is 7.91. The van der Waals surface area contributed by atoms with E-state index < -0.39 is 5.97 Å². The Morgan fingerprint density at radius 2 is 1.62 bits per heavy atom. The molecule has 0 aromatic carbocycles. The quantitative estimate of drug-likeness (QED) is 0.544. The summed E-state index contributed by atoms with van der Waals surface area (Å²) in [5.74, 6) is -0.711. The van der Waals surface area contributed by atoms with Crippen LogP contribution in [0.1, 0.15) is 39.0 Å². The van der Waals surface area contributed by atoms with E-state index in [0.717, 1.165) is 32.4 Å². The van der Waals surface area contributed by atoms with Crippen LogP contribution in [0.2, 0.25) is 0 Å². The number of rotatable bonds is 6. The van der Waals surface area contributed by atoms with E-state index in [1.807, 2.05) is 6.92 Å². The van der Waals surface area contributed by atoms with Crippen LogP contribution in [-0.4, -0.2) is 24.2 Å². The molecule has 0 aromatic heterocycles. The Morgan fingerprint density at radius 3 is 1.77 bits per heavy atom. The highest BCUT2D eigenvalue weighted by atomic mass is 16.4. The molecule has 0 aliphatic rings. The molecule has 0 aromatic rings. The van der Waals surface area contributed by atoms with Gasteiger partial charge in [0.2, 0.25) is 0 Å². The first kappa shape index (κ1) is 14.9. The second kappa shape index (κ2) is 13.9. The molecule has 0 aliphatic heterocycles. The van der Waals surface area contributed by atoms with Gasteiger partial charge in [-0.3, -0.25) is 4.79 Å². The summed E-state index contributed by atoms with van der Waals surface area (Å²) in [7, 11) is 0. The van der Waals surface area contributed by atoms with Crippen LogP contribution in [0, 0.1) is 0 Å². The number of aliphatic carboxylic acids is 1. The highest BCUT2D eigenvalue weighted by Gasteiger charge is 1.87.